The van der Waals surface area contributed by atoms with Gasteiger partial charge in [0.05, 0.1) is 23.6 Å². The molecule has 0 heterocycles. The Kier molecular flexibility index (Phi) is 6.96. The Morgan fingerprint density at radius 3 is 1.48 bits per heavy atom. The van der Waals surface area contributed by atoms with Crippen LogP contribution >= 0.6 is 0 Å². The normalized spacial score (nSPS) is 11.7. The number of carbonyl (C=O) groups is 2. The van der Waals surface area contributed by atoms with Crippen LogP contribution < -0.4 is 0 Å². The molecule has 0 amide bonds. The number of hydrogen-bond acceptors (Lipinski definition) is 4. The third-order valence-electron chi connectivity index (χ3n) is 4.08. The van der Waals surface area contributed by atoms with Crippen molar-refractivity contribution >= 4 is 20.0 Å². The average molecular weight is 385 g/mol. The van der Waals surface area contributed by atoms with Crippen molar-refractivity contribution in [2.24, 2.45) is 5.41 Å². The number of rotatable bonds is 7. The first-order valence-corrected chi connectivity index (χ1v) is 12.3. The fourth-order valence-corrected chi connectivity index (χ4v) is 7.03. The quantitative estimate of drug-likeness (QED) is 0.503. The van der Waals surface area contributed by atoms with Gasteiger partial charge in [-0.05, 0) is 35.7 Å². The SMILES string of the molecule is CC(C)(C)C[Si](C)(COC(=O)c1ccccc1)COC(=O)c1ccccc1. The molecule has 0 bridgehead atoms. The summed E-state index contributed by atoms with van der Waals surface area (Å²) in [5.74, 6) is -0.671. The largest absolute Gasteiger partial charge is 0.466 e. The summed E-state index contributed by atoms with van der Waals surface area (Å²) in [6.45, 7) is 8.57. The Bertz CT molecular complexity index is 695. The molecule has 0 unspecified atom stereocenters. The highest BCUT2D eigenvalue weighted by atomic mass is 28.3. The van der Waals surface area contributed by atoms with E-state index in [-0.39, 0.29) is 17.4 Å². The molecule has 0 radical (unpaired) electrons. The predicted octanol–water partition coefficient (Wildman–Crippen LogP) is 4.90. The fraction of sp³-hybridized carbons (Fsp3) is 0.364. The van der Waals surface area contributed by atoms with E-state index in [9.17, 15) is 9.59 Å². The molecule has 0 atom stereocenters. The Morgan fingerprint density at radius 1 is 0.778 bits per heavy atom. The van der Waals surface area contributed by atoms with Crippen LogP contribution in [0.4, 0.5) is 0 Å². The van der Waals surface area contributed by atoms with Crippen LogP contribution in [0.2, 0.25) is 12.6 Å². The highest BCUT2D eigenvalue weighted by Gasteiger charge is 2.36. The van der Waals surface area contributed by atoms with E-state index in [0.29, 0.717) is 23.6 Å². The van der Waals surface area contributed by atoms with Gasteiger partial charge in [-0.1, -0.05) is 63.7 Å². The van der Waals surface area contributed by atoms with Crippen molar-refractivity contribution < 1.29 is 19.1 Å². The molecule has 0 aromatic heterocycles. The Hall–Kier alpha value is -2.40. The number of esters is 2. The van der Waals surface area contributed by atoms with Crippen LogP contribution in [0.3, 0.4) is 0 Å². The monoisotopic (exact) mass is 384 g/mol. The lowest BCUT2D eigenvalue weighted by molar-refractivity contribution is 0.0530. The van der Waals surface area contributed by atoms with Gasteiger partial charge in [0.1, 0.15) is 8.07 Å². The van der Waals surface area contributed by atoms with Gasteiger partial charge >= 0.3 is 11.9 Å². The molecule has 0 saturated heterocycles. The molecule has 2 aromatic carbocycles. The van der Waals surface area contributed by atoms with E-state index in [1.165, 1.54) is 0 Å². The van der Waals surface area contributed by atoms with Crippen LogP contribution in [0.5, 0.6) is 0 Å². The van der Waals surface area contributed by atoms with E-state index < -0.39 is 8.07 Å². The summed E-state index contributed by atoms with van der Waals surface area (Å²) in [7, 11) is -2.16. The van der Waals surface area contributed by atoms with Crippen molar-refractivity contribution in [3.8, 4) is 0 Å². The molecule has 0 spiro atoms. The Morgan fingerprint density at radius 2 is 1.15 bits per heavy atom. The third-order valence-corrected chi connectivity index (χ3v) is 7.68. The van der Waals surface area contributed by atoms with Crippen LogP contribution in [-0.4, -0.2) is 32.5 Å². The molecule has 144 valence electrons. The van der Waals surface area contributed by atoms with Crippen LogP contribution in [0.15, 0.2) is 60.7 Å². The summed E-state index contributed by atoms with van der Waals surface area (Å²) in [6, 6.07) is 18.8. The zero-order valence-electron chi connectivity index (χ0n) is 16.5. The van der Waals surface area contributed by atoms with E-state index in [0.717, 1.165) is 6.04 Å². The Labute approximate surface area is 162 Å². The molecule has 0 N–H and O–H groups in total. The van der Waals surface area contributed by atoms with Crippen molar-refractivity contribution in [3.05, 3.63) is 71.8 Å². The van der Waals surface area contributed by atoms with Crippen LogP contribution in [0, 0.1) is 5.41 Å². The van der Waals surface area contributed by atoms with E-state index in [1.807, 2.05) is 36.4 Å². The first kappa shape index (κ1) is 20.9. The molecule has 0 fully saturated rings. The first-order valence-electron chi connectivity index (χ1n) is 9.13. The second kappa shape index (κ2) is 9.00. The summed E-state index contributed by atoms with van der Waals surface area (Å²) >= 11 is 0. The van der Waals surface area contributed by atoms with E-state index in [1.54, 1.807) is 24.3 Å². The van der Waals surface area contributed by atoms with E-state index in [2.05, 4.69) is 27.3 Å². The topological polar surface area (TPSA) is 52.6 Å². The molecule has 0 aliphatic rings. The second-order valence-corrected chi connectivity index (χ2v) is 13.0. The first-order chi connectivity index (χ1) is 12.7. The number of benzene rings is 2. The van der Waals surface area contributed by atoms with Gasteiger partial charge < -0.3 is 9.47 Å². The summed E-state index contributed by atoms with van der Waals surface area (Å²) in [6.07, 6.45) is 0.639. The molecule has 0 aliphatic carbocycles. The van der Waals surface area contributed by atoms with E-state index >= 15 is 0 Å². The molecule has 2 aromatic rings. The van der Waals surface area contributed by atoms with Gasteiger partial charge in [0.15, 0.2) is 0 Å². The molecule has 27 heavy (non-hydrogen) atoms. The van der Waals surface area contributed by atoms with Gasteiger partial charge in [0, 0.05) is 0 Å². The number of ether oxygens (including phenoxy) is 2. The number of hydrogen-bond donors (Lipinski definition) is 0. The second-order valence-electron chi connectivity index (χ2n) is 8.43. The van der Waals surface area contributed by atoms with Crippen molar-refractivity contribution in [2.75, 3.05) is 12.5 Å². The van der Waals surface area contributed by atoms with Crippen LogP contribution in [0.1, 0.15) is 41.5 Å². The summed E-state index contributed by atoms with van der Waals surface area (Å²) in [5.41, 5.74) is 1.12. The summed E-state index contributed by atoms with van der Waals surface area (Å²) in [4.78, 5) is 24.6. The highest BCUT2D eigenvalue weighted by Crippen LogP contribution is 2.28. The fourth-order valence-electron chi connectivity index (χ4n) is 3.22. The molecule has 4 nitrogen and oxygen atoms in total. The van der Waals surface area contributed by atoms with Gasteiger partial charge in [0.25, 0.3) is 0 Å². The minimum atomic E-state index is -2.16. The standard InChI is InChI=1S/C22H28O4Si/c1-22(2,3)15-27(4,16-25-20(23)18-11-7-5-8-12-18)17-26-21(24)19-13-9-6-10-14-19/h5-14H,15-17H2,1-4H3. The molecule has 0 aliphatic heterocycles. The predicted molar refractivity (Wildman–Crippen MR) is 109 cm³/mol. The lowest BCUT2D eigenvalue weighted by Gasteiger charge is -2.32. The van der Waals surface area contributed by atoms with Crippen molar-refractivity contribution in [1.29, 1.82) is 0 Å². The van der Waals surface area contributed by atoms with Crippen LogP contribution in [0.25, 0.3) is 0 Å². The lowest BCUT2D eigenvalue weighted by atomic mass is 10.0. The van der Waals surface area contributed by atoms with Gasteiger partial charge in [-0.15, -0.1) is 0 Å². The van der Waals surface area contributed by atoms with Crippen molar-refractivity contribution in [2.45, 2.75) is 33.4 Å². The molecular weight excluding hydrogens is 356 g/mol. The van der Waals surface area contributed by atoms with Gasteiger partial charge in [-0.2, -0.15) is 0 Å². The maximum Gasteiger partial charge on any atom is 0.337 e. The molecule has 2 rings (SSSR count). The van der Waals surface area contributed by atoms with Crippen molar-refractivity contribution in [3.63, 3.8) is 0 Å². The minimum absolute atomic E-state index is 0.0548. The zero-order chi connectivity index (χ0) is 19.9. The number of carbonyl (C=O) groups excluding carboxylic acids is 2. The molecule has 5 heteroatoms. The minimum Gasteiger partial charge on any atom is -0.466 e. The highest BCUT2D eigenvalue weighted by molar-refractivity contribution is 6.78. The van der Waals surface area contributed by atoms with Gasteiger partial charge in [-0.3, -0.25) is 0 Å². The third kappa shape index (κ3) is 7.02. The maximum absolute atomic E-state index is 12.3. The van der Waals surface area contributed by atoms with E-state index in [4.69, 9.17) is 9.47 Å². The smallest absolute Gasteiger partial charge is 0.337 e. The zero-order valence-corrected chi connectivity index (χ0v) is 17.5. The molecule has 0 saturated carbocycles. The lowest BCUT2D eigenvalue weighted by Crippen LogP contribution is -2.46. The average Bonchev–Trinajstić information content (AvgIpc) is 2.64. The van der Waals surface area contributed by atoms with Crippen molar-refractivity contribution in [1.82, 2.24) is 0 Å². The van der Waals surface area contributed by atoms with Gasteiger partial charge in [0.2, 0.25) is 0 Å². The van der Waals surface area contributed by atoms with Gasteiger partial charge in [-0.25, -0.2) is 9.59 Å². The summed E-state index contributed by atoms with van der Waals surface area (Å²) < 4.78 is 11.2. The Balaban J connectivity index is 2.03. The summed E-state index contributed by atoms with van der Waals surface area (Å²) in [5, 5.41) is 0. The molecular formula is C22H28O4Si. The van der Waals surface area contributed by atoms with Crippen LogP contribution in [-0.2, 0) is 9.47 Å². The maximum atomic E-state index is 12.3.